The van der Waals surface area contributed by atoms with E-state index >= 15 is 0 Å². The van der Waals surface area contributed by atoms with Gasteiger partial charge in [-0.25, -0.2) is 0 Å². The van der Waals surface area contributed by atoms with Crippen molar-refractivity contribution < 1.29 is 4.79 Å². The molecule has 1 aliphatic rings. The van der Waals surface area contributed by atoms with Gasteiger partial charge in [0.05, 0.1) is 0 Å². The number of benzene rings is 1. The fourth-order valence-corrected chi connectivity index (χ4v) is 3.27. The first-order valence-electron chi connectivity index (χ1n) is 7.25. The molecule has 1 heterocycles. The van der Waals surface area contributed by atoms with Gasteiger partial charge in [-0.3, -0.25) is 4.79 Å². The smallest absolute Gasteiger partial charge is 0.228 e. The molecular weight excluding hydrogens is 304 g/mol. The van der Waals surface area contributed by atoms with Crippen molar-refractivity contribution >= 4 is 35.8 Å². The van der Waals surface area contributed by atoms with E-state index < -0.39 is 0 Å². The molecule has 0 bridgehead atoms. The molecule has 1 amide bonds. The van der Waals surface area contributed by atoms with Gasteiger partial charge in [0.1, 0.15) is 0 Å². The second kappa shape index (κ2) is 8.66. The van der Waals surface area contributed by atoms with Crippen molar-refractivity contribution in [3.05, 3.63) is 29.8 Å². The minimum Gasteiger partial charge on any atom is -0.315 e. The third-order valence-electron chi connectivity index (χ3n) is 3.74. The zero-order valence-corrected chi connectivity index (χ0v) is 14.6. The van der Waals surface area contributed by atoms with Crippen LogP contribution in [0.5, 0.6) is 0 Å². The largest absolute Gasteiger partial charge is 0.315 e. The van der Waals surface area contributed by atoms with Gasteiger partial charge in [-0.1, -0.05) is 26.0 Å². The lowest BCUT2D eigenvalue weighted by molar-refractivity contribution is -0.118. The van der Waals surface area contributed by atoms with Gasteiger partial charge in [-0.05, 0) is 23.6 Å². The van der Waals surface area contributed by atoms with Gasteiger partial charge in [-0.2, -0.15) is 11.8 Å². The standard InChI is InChI=1S/C16H24N2OS.ClH/c1-12(2)13-4-6-15(7-5-13)18(3)16(19)10-14-11-20-9-8-17-14;/h4-7,12,14,17H,8-11H2,1-3H3;1H. The number of hydrogen-bond acceptors (Lipinski definition) is 3. The number of hydrogen-bond donors (Lipinski definition) is 1. The number of halogens is 1. The van der Waals surface area contributed by atoms with Crippen LogP contribution in [0.15, 0.2) is 24.3 Å². The fourth-order valence-electron chi connectivity index (χ4n) is 2.33. The van der Waals surface area contributed by atoms with Crippen LogP contribution in [0.1, 0.15) is 31.7 Å². The van der Waals surface area contributed by atoms with E-state index in [1.165, 1.54) is 5.56 Å². The maximum atomic E-state index is 12.3. The summed E-state index contributed by atoms with van der Waals surface area (Å²) in [4.78, 5) is 14.1. The summed E-state index contributed by atoms with van der Waals surface area (Å²) in [6.07, 6.45) is 0.579. The Bertz CT molecular complexity index is 444. The Balaban J connectivity index is 0.00000220. The summed E-state index contributed by atoms with van der Waals surface area (Å²) in [5.41, 5.74) is 2.28. The molecule has 0 aromatic heterocycles. The second-order valence-corrected chi connectivity index (χ2v) is 6.78. The molecule has 0 aliphatic carbocycles. The van der Waals surface area contributed by atoms with E-state index in [9.17, 15) is 4.79 Å². The molecule has 5 heteroatoms. The van der Waals surface area contributed by atoms with Crippen molar-refractivity contribution in [1.29, 1.82) is 0 Å². The Morgan fingerprint density at radius 1 is 1.38 bits per heavy atom. The van der Waals surface area contributed by atoms with Crippen molar-refractivity contribution in [2.24, 2.45) is 0 Å². The highest BCUT2D eigenvalue weighted by Crippen LogP contribution is 2.20. The van der Waals surface area contributed by atoms with E-state index in [2.05, 4.69) is 31.3 Å². The van der Waals surface area contributed by atoms with E-state index in [1.54, 1.807) is 4.90 Å². The topological polar surface area (TPSA) is 32.3 Å². The zero-order valence-electron chi connectivity index (χ0n) is 13.0. The Morgan fingerprint density at radius 3 is 2.57 bits per heavy atom. The van der Waals surface area contributed by atoms with Gasteiger partial charge in [0.25, 0.3) is 0 Å². The summed E-state index contributed by atoms with van der Waals surface area (Å²) >= 11 is 1.92. The van der Waals surface area contributed by atoms with Crippen LogP contribution >= 0.6 is 24.2 Å². The van der Waals surface area contributed by atoms with Crippen LogP contribution in [0, 0.1) is 0 Å². The number of rotatable bonds is 4. The van der Waals surface area contributed by atoms with Gasteiger partial charge in [-0.15, -0.1) is 12.4 Å². The molecule has 1 atom stereocenters. The third kappa shape index (κ3) is 5.20. The quantitative estimate of drug-likeness (QED) is 0.920. The van der Waals surface area contributed by atoms with E-state index in [1.807, 2.05) is 30.9 Å². The van der Waals surface area contributed by atoms with Crippen LogP contribution in [-0.4, -0.2) is 37.0 Å². The molecule has 21 heavy (non-hydrogen) atoms. The predicted molar refractivity (Wildman–Crippen MR) is 94.9 cm³/mol. The molecule has 1 fully saturated rings. The van der Waals surface area contributed by atoms with Crippen molar-refractivity contribution in [2.45, 2.75) is 32.2 Å². The molecule has 1 aliphatic heterocycles. The minimum atomic E-state index is 0. The highest BCUT2D eigenvalue weighted by molar-refractivity contribution is 7.99. The fraction of sp³-hybridized carbons (Fsp3) is 0.562. The maximum Gasteiger partial charge on any atom is 0.228 e. The Kier molecular flexibility index (Phi) is 7.57. The molecule has 3 nitrogen and oxygen atoms in total. The van der Waals surface area contributed by atoms with E-state index in [0.717, 1.165) is 23.7 Å². The third-order valence-corrected chi connectivity index (χ3v) is 4.87. The number of anilines is 1. The molecule has 118 valence electrons. The first-order chi connectivity index (χ1) is 9.58. The molecule has 0 spiro atoms. The normalized spacial score (nSPS) is 18.2. The van der Waals surface area contributed by atoms with Crippen molar-refractivity contribution in [1.82, 2.24) is 5.32 Å². The number of nitrogens with zero attached hydrogens (tertiary/aromatic N) is 1. The number of carbonyl (C=O) groups is 1. The lowest BCUT2D eigenvalue weighted by Gasteiger charge is -2.25. The summed E-state index contributed by atoms with van der Waals surface area (Å²) in [7, 11) is 1.86. The first kappa shape index (κ1) is 18.3. The summed E-state index contributed by atoms with van der Waals surface area (Å²) in [5.74, 6) is 2.89. The van der Waals surface area contributed by atoms with Gasteiger partial charge < -0.3 is 10.2 Å². The lowest BCUT2D eigenvalue weighted by atomic mass is 10.0. The van der Waals surface area contributed by atoms with E-state index in [0.29, 0.717) is 18.4 Å². The first-order valence-corrected chi connectivity index (χ1v) is 8.41. The minimum absolute atomic E-state index is 0. The molecular formula is C16H25ClN2OS. The number of carbonyl (C=O) groups excluding carboxylic acids is 1. The highest BCUT2D eigenvalue weighted by Gasteiger charge is 2.19. The van der Waals surface area contributed by atoms with Crippen LogP contribution in [0.3, 0.4) is 0 Å². The zero-order chi connectivity index (χ0) is 14.5. The lowest BCUT2D eigenvalue weighted by Crippen LogP contribution is -2.41. The monoisotopic (exact) mass is 328 g/mol. The summed E-state index contributed by atoms with van der Waals surface area (Å²) in [6.45, 7) is 5.36. The molecule has 1 saturated heterocycles. The molecule has 2 rings (SSSR count). The Labute approximate surface area is 138 Å². The molecule has 0 radical (unpaired) electrons. The number of thioether (sulfide) groups is 1. The van der Waals surface area contributed by atoms with Crippen LogP contribution in [0.25, 0.3) is 0 Å². The van der Waals surface area contributed by atoms with E-state index in [-0.39, 0.29) is 18.3 Å². The SMILES string of the molecule is CC(C)c1ccc(N(C)C(=O)CC2CSCCN2)cc1.Cl. The molecule has 1 N–H and O–H groups in total. The Hall–Kier alpha value is -0.710. The number of amides is 1. The molecule has 1 unspecified atom stereocenters. The van der Waals surface area contributed by atoms with Crippen LogP contribution in [0.4, 0.5) is 5.69 Å². The molecule has 0 saturated carbocycles. The molecule has 1 aromatic rings. The van der Waals surface area contributed by atoms with Crippen LogP contribution in [0.2, 0.25) is 0 Å². The summed E-state index contributed by atoms with van der Waals surface area (Å²) in [6, 6.07) is 8.61. The average Bonchev–Trinajstić information content (AvgIpc) is 2.47. The van der Waals surface area contributed by atoms with Crippen molar-refractivity contribution in [3.63, 3.8) is 0 Å². The summed E-state index contributed by atoms with van der Waals surface area (Å²) < 4.78 is 0. The average molecular weight is 329 g/mol. The van der Waals surface area contributed by atoms with Gasteiger partial charge >= 0.3 is 0 Å². The van der Waals surface area contributed by atoms with Crippen molar-refractivity contribution in [2.75, 3.05) is 30.0 Å². The van der Waals surface area contributed by atoms with Gasteiger partial charge in [0.2, 0.25) is 5.91 Å². The maximum absolute atomic E-state index is 12.3. The van der Waals surface area contributed by atoms with Crippen LogP contribution < -0.4 is 10.2 Å². The predicted octanol–water partition coefficient (Wildman–Crippen LogP) is 3.29. The molecule has 1 aromatic carbocycles. The Morgan fingerprint density at radius 2 is 2.05 bits per heavy atom. The summed E-state index contributed by atoms with van der Waals surface area (Å²) in [5, 5.41) is 3.41. The van der Waals surface area contributed by atoms with Crippen LogP contribution in [-0.2, 0) is 4.79 Å². The second-order valence-electron chi connectivity index (χ2n) is 5.63. The number of nitrogens with one attached hydrogen (secondary N) is 1. The van der Waals surface area contributed by atoms with Gasteiger partial charge in [0.15, 0.2) is 0 Å². The van der Waals surface area contributed by atoms with E-state index in [4.69, 9.17) is 0 Å². The highest BCUT2D eigenvalue weighted by atomic mass is 35.5. The van der Waals surface area contributed by atoms with Gasteiger partial charge in [0, 0.05) is 43.2 Å². The van der Waals surface area contributed by atoms with Crippen molar-refractivity contribution in [3.8, 4) is 0 Å².